The minimum Gasteiger partial charge on any atom is -0.373 e. The Kier molecular flexibility index (Phi) is 5.14. The third-order valence-electron chi connectivity index (χ3n) is 3.53. The van der Waals surface area contributed by atoms with Crippen LogP contribution in [-0.4, -0.2) is 58.5 Å². The van der Waals surface area contributed by atoms with Crippen LogP contribution >= 0.6 is 0 Å². The predicted molar refractivity (Wildman–Crippen MR) is 76.3 cm³/mol. The van der Waals surface area contributed by atoms with Gasteiger partial charge in [0, 0.05) is 38.1 Å². The van der Waals surface area contributed by atoms with Crippen LogP contribution < -0.4 is 5.32 Å². The summed E-state index contributed by atoms with van der Waals surface area (Å²) in [6.07, 6.45) is 3.96. The van der Waals surface area contributed by atoms with E-state index in [-0.39, 0.29) is 24.7 Å². The third kappa shape index (κ3) is 4.31. The van der Waals surface area contributed by atoms with Gasteiger partial charge in [-0.15, -0.1) is 0 Å². The molecule has 0 unspecified atom stereocenters. The molecule has 1 saturated heterocycles. The largest absolute Gasteiger partial charge is 0.373 e. The molecule has 0 radical (unpaired) electrons. The number of morpholine rings is 1. The van der Waals surface area contributed by atoms with Gasteiger partial charge >= 0.3 is 0 Å². The highest BCUT2D eigenvalue weighted by Crippen LogP contribution is 2.13. The monoisotopic (exact) mass is 280 g/mol. The number of aromatic nitrogens is 2. The lowest BCUT2D eigenvalue weighted by molar-refractivity contribution is -0.122. The number of nitrogens with one attached hydrogen (secondary N) is 1. The Hall–Kier alpha value is -1.40. The van der Waals surface area contributed by atoms with E-state index in [2.05, 4.69) is 36.1 Å². The standard InChI is InChI=1S/C14H24N4O2/c1-11(17-8-12(2)20-13(3)9-17)7-15-14(19)10-18-6-4-5-16-18/h4-6,11-13H,7-10H2,1-3H3,(H,15,19)/t11-,12-,13-/m1/s1. The molecule has 0 aliphatic carbocycles. The van der Waals surface area contributed by atoms with Crippen molar-refractivity contribution in [1.29, 1.82) is 0 Å². The first-order valence-corrected chi connectivity index (χ1v) is 7.18. The molecule has 1 N–H and O–H groups in total. The molecule has 3 atom stereocenters. The summed E-state index contributed by atoms with van der Waals surface area (Å²) in [6, 6.07) is 2.12. The van der Waals surface area contributed by atoms with Gasteiger partial charge in [-0.2, -0.15) is 5.10 Å². The topological polar surface area (TPSA) is 59.4 Å². The first-order valence-electron chi connectivity index (χ1n) is 7.18. The molecule has 0 saturated carbocycles. The number of carbonyl (C=O) groups is 1. The summed E-state index contributed by atoms with van der Waals surface area (Å²) in [4.78, 5) is 14.2. The van der Waals surface area contributed by atoms with E-state index in [0.29, 0.717) is 12.6 Å². The Labute approximate surface area is 120 Å². The summed E-state index contributed by atoms with van der Waals surface area (Å²) in [5.41, 5.74) is 0. The van der Waals surface area contributed by atoms with E-state index in [1.807, 2.05) is 6.07 Å². The van der Waals surface area contributed by atoms with E-state index in [9.17, 15) is 4.79 Å². The smallest absolute Gasteiger partial charge is 0.241 e. The van der Waals surface area contributed by atoms with Crippen LogP contribution in [0.3, 0.4) is 0 Å². The SMILES string of the molecule is C[C@@H]1CN([C@H](C)CNC(=O)Cn2cccn2)C[C@@H](C)O1. The van der Waals surface area contributed by atoms with Crippen LogP contribution in [-0.2, 0) is 16.1 Å². The molecule has 2 heterocycles. The summed E-state index contributed by atoms with van der Waals surface area (Å²) >= 11 is 0. The molecule has 1 fully saturated rings. The lowest BCUT2D eigenvalue weighted by Crippen LogP contribution is -2.52. The second-order valence-electron chi connectivity index (χ2n) is 5.57. The fraction of sp³-hybridized carbons (Fsp3) is 0.714. The van der Waals surface area contributed by atoms with Crippen molar-refractivity contribution in [3.05, 3.63) is 18.5 Å². The molecule has 1 aromatic heterocycles. The number of rotatable bonds is 5. The maximum absolute atomic E-state index is 11.8. The predicted octanol–water partition coefficient (Wildman–Crippen LogP) is 0.497. The lowest BCUT2D eigenvalue weighted by atomic mass is 10.1. The Morgan fingerprint density at radius 3 is 2.75 bits per heavy atom. The maximum atomic E-state index is 11.8. The summed E-state index contributed by atoms with van der Waals surface area (Å²) < 4.78 is 7.35. The molecule has 6 nitrogen and oxygen atoms in total. The van der Waals surface area contributed by atoms with Gasteiger partial charge in [-0.1, -0.05) is 0 Å². The highest BCUT2D eigenvalue weighted by Gasteiger charge is 2.25. The number of amides is 1. The molecule has 1 amide bonds. The molecule has 0 spiro atoms. The Morgan fingerprint density at radius 2 is 2.15 bits per heavy atom. The first kappa shape index (κ1) is 15.0. The van der Waals surface area contributed by atoms with Crippen molar-refractivity contribution in [3.63, 3.8) is 0 Å². The number of nitrogens with zero attached hydrogens (tertiary/aromatic N) is 3. The average molecular weight is 280 g/mol. The molecule has 20 heavy (non-hydrogen) atoms. The van der Waals surface area contributed by atoms with Crippen molar-refractivity contribution in [2.75, 3.05) is 19.6 Å². The van der Waals surface area contributed by atoms with Gasteiger partial charge in [-0.05, 0) is 26.8 Å². The van der Waals surface area contributed by atoms with Crippen LogP contribution in [0.5, 0.6) is 0 Å². The van der Waals surface area contributed by atoms with Gasteiger partial charge in [0.1, 0.15) is 6.54 Å². The number of hydrogen-bond acceptors (Lipinski definition) is 4. The molecule has 1 aliphatic rings. The second-order valence-corrected chi connectivity index (χ2v) is 5.57. The van der Waals surface area contributed by atoms with Crippen molar-refractivity contribution < 1.29 is 9.53 Å². The molecule has 1 aliphatic heterocycles. The van der Waals surface area contributed by atoms with E-state index in [1.54, 1.807) is 17.1 Å². The molecule has 2 rings (SSSR count). The van der Waals surface area contributed by atoms with Crippen molar-refractivity contribution in [2.24, 2.45) is 0 Å². The van der Waals surface area contributed by atoms with Crippen LogP contribution in [0.4, 0.5) is 0 Å². The average Bonchev–Trinajstić information content (AvgIpc) is 2.87. The van der Waals surface area contributed by atoms with Crippen molar-refractivity contribution in [2.45, 2.75) is 45.6 Å². The van der Waals surface area contributed by atoms with Gasteiger partial charge in [0.2, 0.25) is 5.91 Å². The molecule has 1 aromatic rings. The zero-order valence-corrected chi connectivity index (χ0v) is 12.5. The van der Waals surface area contributed by atoms with Crippen LogP contribution in [0.2, 0.25) is 0 Å². The van der Waals surface area contributed by atoms with Crippen LogP contribution in [0, 0.1) is 0 Å². The van der Waals surface area contributed by atoms with E-state index < -0.39 is 0 Å². The summed E-state index contributed by atoms with van der Waals surface area (Å²) in [5.74, 6) is -0.00472. The lowest BCUT2D eigenvalue weighted by Gasteiger charge is -2.39. The first-order chi connectivity index (χ1) is 9.54. The molecular formula is C14H24N4O2. The fourth-order valence-electron chi connectivity index (χ4n) is 2.57. The number of carbonyl (C=O) groups excluding carboxylic acids is 1. The summed E-state index contributed by atoms with van der Waals surface area (Å²) in [7, 11) is 0. The van der Waals surface area contributed by atoms with Crippen molar-refractivity contribution >= 4 is 5.91 Å². The zero-order chi connectivity index (χ0) is 14.5. The van der Waals surface area contributed by atoms with Gasteiger partial charge in [-0.3, -0.25) is 14.4 Å². The van der Waals surface area contributed by atoms with E-state index in [1.165, 1.54) is 0 Å². The molecule has 6 heteroatoms. The van der Waals surface area contributed by atoms with Crippen LogP contribution in [0.25, 0.3) is 0 Å². The van der Waals surface area contributed by atoms with E-state index in [4.69, 9.17) is 4.74 Å². The van der Waals surface area contributed by atoms with Gasteiger partial charge < -0.3 is 10.1 Å². The molecule has 112 valence electrons. The third-order valence-corrected chi connectivity index (χ3v) is 3.53. The van der Waals surface area contributed by atoms with Gasteiger partial charge in [0.05, 0.1) is 12.2 Å². The van der Waals surface area contributed by atoms with E-state index >= 15 is 0 Å². The number of ether oxygens (including phenoxy) is 1. The minimum absolute atomic E-state index is 0.00472. The highest BCUT2D eigenvalue weighted by molar-refractivity contribution is 5.75. The minimum atomic E-state index is -0.00472. The molecule has 0 aromatic carbocycles. The van der Waals surface area contributed by atoms with Crippen molar-refractivity contribution in [3.8, 4) is 0 Å². The number of hydrogen-bond donors (Lipinski definition) is 1. The Bertz CT molecular complexity index is 411. The van der Waals surface area contributed by atoms with Crippen LogP contribution in [0.15, 0.2) is 18.5 Å². The van der Waals surface area contributed by atoms with Gasteiger partial charge in [-0.25, -0.2) is 0 Å². The molecule has 0 bridgehead atoms. The quantitative estimate of drug-likeness (QED) is 0.853. The normalized spacial score (nSPS) is 25.4. The summed E-state index contributed by atoms with van der Waals surface area (Å²) in [5, 5.41) is 6.99. The molecular weight excluding hydrogens is 256 g/mol. The maximum Gasteiger partial charge on any atom is 0.241 e. The van der Waals surface area contributed by atoms with Crippen LogP contribution in [0.1, 0.15) is 20.8 Å². The fourth-order valence-corrected chi connectivity index (χ4v) is 2.57. The van der Waals surface area contributed by atoms with Gasteiger partial charge in [0.25, 0.3) is 0 Å². The Morgan fingerprint density at radius 1 is 1.45 bits per heavy atom. The summed E-state index contributed by atoms with van der Waals surface area (Å²) in [6.45, 7) is 9.08. The second kappa shape index (κ2) is 6.85. The Balaban J connectivity index is 1.74. The van der Waals surface area contributed by atoms with Gasteiger partial charge in [0.15, 0.2) is 0 Å². The van der Waals surface area contributed by atoms with Crippen molar-refractivity contribution in [1.82, 2.24) is 20.0 Å². The highest BCUT2D eigenvalue weighted by atomic mass is 16.5. The zero-order valence-electron chi connectivity index (χ0n) is 12.5. The van der Waals surface area contributed by atoms with E-state index in [0.717, 1.165) is 13.1 Å².